The maximum Gasteiger partial charge on any atom is 0.0560 e. The molecule has 0 aliphatic heterocycles. The molecule has 82 valence electrons. The molecule has 17 heavy (non-hydrogen) atoms. The van der Waals surface area contributed by atoms with E-state index in [9.17, 15) is 0 Å². The quantitative estimate of drug-likeness (QED) is 0.621. The summed E-state index contributed by atoms with van der Waals surface area (Å²) in [6.45, 7) is 0. The Morgan fingerprint density at radius 1 is 0.882 bits per heavy atom. The van der Waals surface area contributed by atoms with Gasteiger partial charge >= 0.3 is 0 Å². The van der Waals surface area contributed by atoms with Gasteiger partial charge in [-0.05, 0) is 43.0 Å². The molecule has 0 amide bonds. The van der Waals surface area contributed by atoms with Crippen LogP contribution in [0.1, 0.15) is 28.8 Å². The first-order chi connectivity index (χ1) is 8.43. The van der Waals surface area contributed by atoms with Crippen molar-refractivity contribution in [2.24, 2.45) is 0 Å². The van der Waals surface area contributed by atoms with E-state index in [1.807, 2.05) is 12.3 Å². The van der Waals surface area contributed by atoms with Crippen LogP contribution in [0.4, 0.5) is 0 Å². The van der Waals surface area contributed by atoms with Crippen LogP contribution in [0.2, 0.25) is 0 Å². The van der Waals surface area contributed by atoms with Crippen molar-refractivity contribution in [3.63, 3.8) is 0 Å². The van der Waals surface area contributed by atoms with Gasteiger partial charge in [-0.25, -0.2) is 0 Å². The van der Waals surface area contributed by atoms with E-state index in [1.54, 1.807) is 0 Å². The summed E-state index contributed by atoms with van der Waals surface area (Å²) in [5, 5.41) is 0. The highest BCUT2D eigenvalue weighted by Crippen LogP contribution is 2.15. The number of hydrogen-bond donors (Lipinski definition) is 0. The summed E-state index contributed by atoms with van der Waals surface area (Å²) in [6.07, 6.45) is 5.08. The maximum atomic E-state index is 4.42. The monoisotopic (exact) mass is 219 g/mol. The molecule has 1 aromatic carbocycles. The zero-order valence-corrected chi connectivity index (χ0v) is 9.61. The topological polar surface area (TPSA) is 12.9 Å². The number of hydrogen-bond acceptors (Lipinski definition) is 1. The van der Waals surface area contributed by atoms with Crippen LogP contribution in [0.15, 0.2) is 42.6 Å². The van der Waals surface area contributed by atoms with Crippen molar-refractivity contribution < 1.29 is 0 Å². The molecule has 0 spiro atoms. The Hall–Kier alpha value is -2.07. The first kappa shape index (κ1) is 10.1. The first-order valence-corrected chi connectivity index (χ1v) is 5.97. The van der Waals surface area contributed by atoms with E-state index in [1.165, 1.54) is 5.56 Å². The first-order valence-electron chi connectivity index (χ1n) is 5.97. The van der Waals surface area contributed by atoms with Crippen LogP contribution in [0, 0.1) is 11.8 Å². The summed E-state index contributed by atoms with van der Waals surface area (Å²) in [5.41, 5.74) is 4.72. The number of fused-ring (bicyclic) bond motifs is 2. The molecule has 0 fully saturated rings. The number of rotatable bonds is 0. The van der Waals surface area contributed by atoms with E-state index in [-0.39, 0.29) is 0 Å². The van der Waals surface area contributed by atoms with Crippen molar-refractivity contribution in [3.8, 4) is 11.8 Å². The number of benzene rings is 1. The molecule has 1 heteroatoms. The second kappa shape index (κ2) is 4.43. The molecule has 0 radical (unpaired) electrons. The molecule has 1 aliphatic rings. The van der Waals surface area contributed by atoms with Crippen LogP contribution >= 0.6 is 0 Å². The molecule has 1 nitrogen and oxygen atoms in total. The van der Waals surface area contributed by atoms with E-state index in [0.29, 0.717) is 0 Å². The fourth-order valence-electron chi connectivity index (χ4n) is 2.19. The van der Waals surface area contributed by atoms with Gasteiger partial charge in [0.15, 0.2) is 0 Å². The predicted molar refractivity (Wildman–Crippen MR) is 68.7 cm³/mol. The predicted octanol–water partition coefficient (Wildman–Crippen LogP) is 2.97. The summed E-state index contributed by atoms with van der Waals surface area (Å²) in [5.74, 6) is 6.52. The van der Waals surface area contributed by atoms with E-state index in [2.05, 4.69) is 47.2 Å². The van der Waals surface area contributed by atoms with Crippen LogP contribution in [0.25, 0.3) is 0 Å². The van der Waals surface area contributed by atoms with Crippen LogP contribution in [0.3, 0.4) is 0 Å². The van der Waals surface area contributed by atoms with Gasteiger partial charge in [0, 0.05) is 17.3 Å². The van der Waals surface area contributed by atoms with Crippen molar-refractivity contribution in [2.75, 3.05) is 0 Å². The molecule has 1 heterocycles. The Balaban J connectivity index is 2.11. The minimum Gasteiger partial charge on any atom is -0.260 e. The van der Waals surface area contributed by atoms with Crippen LogP contribution in [-0.4, -0.2) is 4.98 Å². The molecule has 0 saturated heterocycles. The van der Waals surface area contributed by atoms with Crippen molar-refractivity contribution in [1.29, 1.82) is 0 Å². The summed E-state index contributed by atoms with van der Waals surface area (Å²) in [6, 6.07) is 12.4. The lowest BCUT2D eigenvalue weighted by Gasteiger charge is -2.03. The van der Waals surface area contributed by atoms with Crippen molar-refractivity contribution in [1.82, 2.24) is 4.98 Å². The van der Waals surface area contributed by atoms with Gasteiger partial charge in [-0.15, -0.1) is 0 Å². The molecule has 1 aromatic heterocycles. The lowest BCUT2D eigenvalue weighted by Crippen LogP contribution is -1.95. The molecule has 0 unspecified atom stereocenters. The molecular formula is C16H13N. The number of aryl methyl sites for hydroxylation is 2. The smallest absolute Gasteiger partial charge is 0.0560 e. The fraction of sp³-hybridized carbons (Fsp3) is 0.188. The fourth-order valence-corrected chi connectivity index (χ4v) is 2.19. The standard InChI is InChI=1S/C16H13N/c1-2-6-14-10-11-15-8-4-12-17-16(15)9-3-7-13(14)5-1/h1-2,4-6,8,12H,3,7,9H2. The summed E-state index contributed by atoms with van der Waals surface area (Å²) in [4.78, 5) is 4.42. The Morgan fingerprint density at radius 3 is 2.71 bits per heavy atom. The van der Waals surface area contributed by atoms with Gasteiger partial charge in [0.05, 0.1) is 5.69 Å². The van der Waals surface area contributed by atoms with Crippen molar-refractivity contribution >= 4 is 0 Å². The average Bonchev–Trinajstić information content (AvgIpc) is 2.47. The van der Waals surface area contributed by atoms with Gasteiger partial charge in [-0.3, -0.25) is 4.98 Å². The number of aromatic nitrogens is 1. The van der Waals surface area contributed by atoms with E-state index >= 15 is 0 Å². The van der Waals surface area contributed by atoms with Gasteiger partial charge in [0.25, 0.3) is 0 Å². The highest BCUT2D eigenvalue weighted by Gasteiger charge is 2.05. The summed E-state index contributed by atoms with van der Waals surface area (Å²) >= 11 is 0. The highest BCUT2D eigenvalue weighted by atomic mass is 14.7. The minimum absolute atomic E-state index is 1.01. The molecule has 0 bridgehead atoms. The van der Waals surface area contributed by atoms with Gasteiger partial charge in [-0.1, -0.05) is 30.0 Å². The van der Waals surface area contributed by atoms with E-state index < -0.39 is 0 Å². The molecule has 0 N–H and O–H groups in total. The molecule has 0 atom stereocenters. The van der Waals surface area contributed by atoms with E-state index in [4.69, 9.17) is 0 Å². The van der Waals surface area contributed by atoms with Crippen molar-refractivity contribution in [3.05, 3.63) is 65.0 Å². The maximum absolute atomic E-state index is 4.42. The summed E-state index contributed by atoms with van der Waals surface area (Å²) < 4.78 is 0. The Bertz CT molecular complexity index is 551. The molecule has 2 aromatic rings. The molecule has 3 rings (SSSR count). The van der Waals surface area contributed by atoms with Crippen LogP contribution < -0.4 is 0 Å². The minimum atomic E-state index is 1.01. The van der Waals surface area contributed by atoms with Gasteiger partial charge < -0.3 is 0 Å². The van der Waals surface area contributed by atoms with Gasteiger partial charge in [0.1, 0.15) is 0 Å². The lowest BCUT2D eigenvalue weighted by atomic mass is 10.0. The van der Waals surface area contributed by atoms with E-state index in [0.717, 1.165) is 36.1 Å². The molecule has 1 aliphatic carbocycles. The Morgan fingerprint density at radius 2 is 1.71 bits per heavy atom. The Kier molecular flexibility index (Phi) is 2.63. The molecule has 0 saturated carbocycles. The number of nitrogens with zero attached hydrogens (tertiary/aromatic N) is 1. The second-order valence-electron chi connectivity index (χ2n) is 4.26. The SMILES string of the molecule is C1#Cc2cccnc2CCCc2ccccc21. The molecular weight excluding hydrogens is 206 g/mol. The van der Waals surface area contributed by atoms with Crippen LogP contribution in [0.5, 0.6) is 0 Å². The lowest BCUT2D eigenvalue weighted by molar-refractivity contribution is 0.797. The van der Waals surface area contributed by atoms with Gasteiger partial charge in [0.2, 0.25) is 0 Å². The summed E-state index contributed by atoms with van der Waals surface area (Å²) in [7, 11) is 0. The zero-order chi connectivity index (χ0) is 11.5. The third-order valence-corrected chi connectivity index (χ3v) is 3.10. The van der Waals surface area contributed by atoms with Gasteiger partial charge in [-0.2, -0.15) is 0 Å². The largest absolute Gasteiger partial charge is 0.260 e. The average molecular weight is 219 g/mol. The Labute approximate surface area is 102 Å². The highest BCUT2D eigenvalue weighted by molar-refractivity contribution is 5.48. The second-order valence-corrected chi connectivity index (χ2v) is 4.26. The third-order valence-electron chi connectivity index (χ3n) is 3.10. The zero-order valence-electron chi connectivity index (χ0n) is 9.61. The van der Waals surface area contributed by atoms with Crippen molar-refractivity contribution in [2.45, 2.75) is 19.3 Å². The normalized spacial score (nSPS) is 13.2. The van der Waals surface area contributed by atoms with Crippen LogP contribution in [-0.2, 0) is 12.8 Å². The third kappa shape index (κ3) is 2.07. The number of pyridine rings is 1.